The van der Waals surface area contributed by atoms with E-state index in [0.29, 0.717) is 6.61 Å². The van der Waals surface area contributed by atoms with Gasteiger partial charge in [0, 0.05) is 31.6 Å². The summed E-state index contributed by atoms with van der Waals surface area (Å²) in [7, 11) is 1.69. The zero-order valence-electron chi connectivity index (χ0n) is 11.8. The van der Waals surface area contributed by atoms with Crippen LogP contribution in [-0.2, 0) is 11.3 Å². The van der Waals surface area contributed by atoms with Crippen molar-refractivity contribution < 1.29 is 9.26 Å². The Kier molecular flexibility index (Phi) is 4.21. The minimum absolute atomic E-state index is 0.0925. The first-order valence-corrected chi connectivity index (χ1v) is 6.33. The number of aryl methyl sites for hydroxylation is 2. The molecule has 1 atom stereocenters. The number of nitrogens with zero attached hydrogens (tertiary/aromatic N) is 3. The summed E-state index contributed by atoms with van der Waals surface area (Å²) >= 11 is 0. The van der Waals surface area contributed by atoms with Crippen LogP contribution in [0.4, 0.5) is 5.95 Å². The molecule has 104 valence electrons. The molecular weight excluding hydrogens is 244 g/mol. The predicted molar refractivity (Wildman–Crippen MR) is 72.1 cm³/mol. The maximum atomic E-state index is 5.19. The van der Waals surface area contributed by atoms with E-state index in [4.69, 9.17) is 9.26 Å². The van der Waals surface area contributed by atoms with E-state index in [9.17, 15) is 0 Å². The first-order chi connectivity index (χ1) is 9.13. The van der Waals surface area contributed by atoms with Crippen LogP contribution >= 0.6 is 0 Å². The van der Waals surface area contributed by atoms with Gasteiger partial charge in [0.05, 0.1) is 18.3 Å². The number of aromatic nitrogens is 3. The first-order valence-electron chi connectivity index (χ1n) is 6.33. The summed E-state index contributed by atoms with van der Waals surface area (Å²) in [4.78, 5) is 4.32. The van der Waals surface area contributed by atoms with E-state index in [-0.39, 0.29) is 6.04 Å². The van der Waals surface area contributed by atoms with Crippen LogP contribution in [0.15, 0.2) is 16.9 Å². The fourth-order valence-electron chi connectivity index (χ4n) is 2.19. The van der Waals surface area contributed by atoms with Crippen molar-refractivity contribution in [3.63, 3.8) is 0 Å². The summed E-state index contributed by atoms with van der Waals surface area (Å²) in [6.07, 6.45) is 3.71. The first kappa shape index (κ1) is 13.6. The summed E-state index contributed by atoms with van der Waals surface area (Å²) in [5.41, 5.74) is 1.99. The van der Waals surface area contributed by atoms with Crippen molar-refractivity contribution in [3.8, 4) is 0 Å². The molecule has 19 heavy (non-hydrogen) atoms. The van der Waals surface area contributed by atoms with E-state index >= 15 is 0 Å². The highest BCUT2D eigenvalue weighted by Gasteiger charge is 2.17. The van der Waals surface area contributed by atoms with Gasteiger partial charge < -0.3 is 19.1 Å². The van der Waals surface area contributed by atoms with E-state index in [1.54, 1.807) is 13.3 Å². The fourth-order valence-corrected chi connectivity index (χ4v) is 2.19. The minimum atomic E-state index is 0.0925. The summed E-state index contributed by atoms with van der Waals surface area (Å²) in [5, 5.41) is 7.36. The largest absolute Gasteiger partial charge is 0.383 e. The number of hydrogen-bond acceptors (Lipinski definition) is 5. The molecule has 0 aliphatic carbocycles. The van der Waals surface area contributed by atoms with E-state index in [1.807, 2.05) is 24.6 Å². The van der Waals surface area contributed by atoms with Crippen LogP contribution in [0.1, 0.15) is 30.0 Å². The number of rotatable bonds is 6. The maximum Gasteiger partial charge on any atom is 0.203 e. The van der Waals surface area contributed by atoms with Crippen molar-refractivity contribution >= 4 is 5.95 Å². The van der Waals surface area contributed by atoms with E-state index in [0.717, 1.165) is 29.5 Å². The van der Waals surface area contributed by atoms with Crippen LogP contribution in [0.2, 0.25) is 0 Å². The Morgan fingerprint density at radius 2 is 2.26 bits per heavy atom. The van der Waals surface area contributed by atoms with E-state index in [2.05, 4.69) is 22.4 Å². The standard InChI is InChI=1S/C13H20N4O2/c1-9(12-10(2)16-19-11(12)3)15-13-14-5-6-17(13)7-8-18-4/h5-6,9H,7-8H2,1-4H3,(H,14,15). The molecule has 2 aromatic rings. The van der Waals surface area contributed by atoms with Crippen molar-refractivity contribution in [3.05, 3.63) is 29.4 Å². The van der Waals surface area contributed by atoms with Crippen molar-refractivity contribution in [2.75, 3.05) is 19.0 Å². The van der Waals surface area contributed by atoms with Gasteiger partial charge in [0.25, 0.3) is 0 Å². The second kappa shape index (κ2) is 5.88. The average molecular weight is 264 g/mol. The lowest BCUT2D eigenvalue weighted by Gasteiger charge is -2.15. The van der Waals surface area contributed by atoms with Crippen LogP contribution < -0.4 is 5.32 Å². The third-order valence-electron chi connectivity index (χ3n) is 3.12. The molecule has 0 amide bonds. The van der Waals surface area contributed by atoms with Crippen LogP contribution in [0.25, 0.3) is 0 Å². The Morgan fingerprint density at radius 1 is 1.47 bits per heavy atom. The lowest BCUT2D eigenvalue weighted by Crippen LogP contribution is -2.14. The maximum absolute atomic E-state index is 5.19. The van der Waals surface area contributed by atoms with Gasteiger partial charge in [-0.2, -0.15) is 0 Å². The third kappa shape index (κ3) is 2.96. The molecule has 0 fully saturated rings. The molecule has 0 aliphatic heterocycles. The van der Waals surface area contributed by atoms with Crippen LogP contribution in [0.3, 0.4) is 0 Å². The van der Waals surface area contributed by atoms with Gasteiger partial charge in [0.1, 0.15) is 5.76 Å². The molecule has 0 aromatic carbocycles. The molecule has 2 rings (SSSR count). The molecule has 2 aromatic heterocycles. The van der Waals surface area contributed by atoms with Gasteiger partial charge in [0.15, 0.2) is 0 Å². The van der Waals surface area contributed by atoms with Gasteiger partial charge in [-0.25, -0.2) is 4.98 Å². The summed E-state index contributed by atoms with van der Waals surface area (Å²) in [6, 6.07) is 0.0925. The number of nitrogens with one attached hydrogen (secondary N) is 1. The molecule has 0 radical (unpaired) electrons. The van der Waals surface area contributed by atoms with Crippen LogP contribution in [0.5, 0.6) is 0 Å². The zero-order valence-corrected chi connectivity index (χ0v) is 11.8. The smallest absolute Gasteiger partial charge is 0.203 e. The van der Waals surface area contributed by atoms with Gasteiger partial charge in [0.2, 0.25) is 5.95 Å². The highest BCUT2D eigenvalue weighted by atomic mass is 16.5. The second-order valence-corrected chi connectivity index (χ2v) is 4.54. The average Bonchev–Trinajstić information content (AvgIpc) is 2.94. The van der Waals surface area contributed by atoms with Gasteiger partial charge in [-0.15, -0.1) is 0 Å². The zero-order chi connectivity index (χ0) is 13.8. The van der Waals surface area contributed by atoms with Gasteiger partial charge >= 0.3 is 0 Å². The number of hydrogen-bond donors (Lipinski definition) is 1. The molecular formula is C13H20N4O2. The molecule has 6 nitrogen and oxygen atoms in total. The monoisotopic (exact) mass is 264 g/mol. The molecule has 1 unspecified atom stereocenters. The summed E-state index contributed by atoms with van der Waals surface area (Å²) in [6.45, 7) is 7.37. The highest BCUT2D eigenvalue weighted by Crippen LogP contribution is 2.24. The highest BCUT2D eigenvalue weighted by molar-refractivity contribution is 5.35. The summed E-state index contributed by atoms with van der Waals surface area (Å²) < 4.78 is 12.3. The fraction of sp³-hybridized carbons (Fsp3) is 0.538. The van der Waals surface area contributed by atoms with Crippen LogP contribution in [-0.4, -0.2) is 28.4 Å². The molecule has 0 saturated carbocycles. The molecule has 0 bridgehead atoms. The number of ether oxygens (including phenoxy) is 1. The molecule has 0 spiro atoms. The number of methoxy groups -OCH3 is 1. The van der Waals surface area contributed by atoms with Crippen molar-refractivity contribution in [2.24, 2.45) is 0 Å². The Balaban J connectivity index is 2.11. The molecule has 0 saturated heterocycles. The molecule has 2 heterocycles. The minimum Gasteiger partial charge on any atom is -0.383 e. The Bertz CT molecular complexity index is 513. The molecule has 1 N–H and O–H groups in total. The number of imidazole rings is 1. The van der Waals surface area contributed by atoms with Crippen molar-refractivity contribution in [1.29, 1.82) is 0 Å². The lowest BCUT2D eigenvalue weighted by molar-refractivity contribution is 0.187. The van der Waals surface area contributed by atoms with Gasteiger partial charge in [-0.3, -0.25) is 0 Å². The van der Waals surface area contributed by atoms with Gasteiger partial charge in [-0.05, 0) is 20.8 Å². The van der Waals surface area contributed by atoms with Gasteiger partial charge in [-0.1, -0.05) is 5.16 Å². The van der Waals surface area contributed by atoms with E-state index < -0.39 is 0 Å². The number of anilines is 1. The van der Waals surface area contributed by atoms with Crippen molar-refractivity contribution in [1.82, 2.24) is 14.7 Å². The van der Waals surface area contributed by atoms with E-state index in [1.165, 1.54) is 0 Å². The topological polar surface area (TPSA) is 65.1 Å². The van der Waals surface area contributed by atoms with Crippen molar-refractivity contribution in [2.45, 2.75) is 33.4 Å². The Hall–Kier alpha value is -1.82. The SMILES string of the molecule is COCCn1ccnc1NC(C)c1c(C)noc1C. The Labute approximate surface area is 112 Å². The normalized spacial score (nSPS) is 12.6. The Morgan fingerprint density at radius 3 is 2.89 bits per heavy atom. The predicted octanol–water partition coefficient (Wildman–Crippen LogP) is 2.31. The third-order valence-corrected chi connectivity index (χ3v) is 3.12. The quantitative estimate of drug-likeness (QED) is 0.867. The molecule has 0 aliphatic rings. The lowest BCUT2D eigenvalue weighted by atomic mass is 10.1. The van der Waals surface area contributed by atoms with Crippen LogP contribution in [0, 0.1) is 13.8 Å². The summed E-state index contributed by atoms with van der Waals surface area (Å²) in [5.74, 6) is 1.66. The molecule has 6 heteroatoms. The second-order valence-electron chi connectivity index (χ2n) is 4.54.